The first-order valence-corrected chi connectivity index (χ1v) is 8.67. The second-order valence-corrected chi connectivity index (χ2v) is 7.05. The molecule has 1 heterocycles. The molecule has 0 spiro atoms. The van der Waals surface area contributed by atoms with Crippen LogP contribution in [0.4, 0.5) is 5.69 Å². The van der Waals surface area contributed by atoms with Crippen LogP contribution in [0.25, 0.3) is 0 Å². The number of rotatable bonds is 5. The summed E-state index contributed by atoms with van der Waals surface area (Å²) in [6.07, 6.45) is 3.84. The summed E-state index contributed by atoms with van der Waals surface area (Å²) >= 11 is 3.61. The van der Waals surface area contributed by atoms with Crippen molar-refractivity contribution in [3.8, 4) is 0 Å². The minimum atomic E-state index is 0.650. The van der Waals surface area contributed by atoms with Gasteiger partial charge >= 0.3 is 0 Å². The van der Waals surface area contributed by atoms with E-state index in [-0.39, 0.29) is 0 Å². The SMILES string of the molecule is CCCNCc1cc(Br)ccc1N1CC(C)CCC1C. The molecule has 2 nitrogen and oxygen atoms in total. The molecular weight excluding hydrogens is 312 g/mol. The summed E-state index contributed by atoms with van der Waals surface area (Å²) in [5.41, 5.74) is 2.82. The van der Waals surface area contributed by atoms with Crippen LogP contribution >= 0.6 is 15.9 Å². The van der Waals surface area contributed by atoms with Gasteiger partial charge in [0.1, 0.15) is 0 Å². The second-order valence-electron chi connectivity index (χ2n) is 6.13. The summed E-state index contributed by atoms with van der Waals surface area (Å²) in [6.45, 7) is 10.2. The number of hydrogen-bond donors (Lipinski definition) is 1. The Morgan fingerprint density at radius 2 is 2.10 bits per heavy atom. The molecule has 1 saturated heterocycles. The van der Waals surface area contributed by atoms with Crippen molar-refractivity contribution in [3.05, 3.63) is 28.2 Å². The van der Waals surface area contributed by atoms with E-state index in [0.29, 0.717) is 6.04 Å². The third-order valence-electron chi connectivity index (χ3n) is 4.21. The smallest absolute Gasteiger partial charge is 0.0415 e. The summed E-state index contributed by atoms with van der Waals surface area (Å²) in [5.74, 6) is 0.797. The van der Waals surface area contributed by atoms with Crippen molar-refractivity contribution >= 4 is 21.6 Å². The molecule has 0 radical (unpaired) electrons. The Kier molecular flexibility index (Phi) is 5.91. The van der Waals surface area contributed by atoms with Gasteiger partial charge in [0.05, 0.1) is 0 Å². The highest BCUT2D eigenvalue weighted by atomic mass is 79.9. The molecule has 0 saturated carbocycles. The maximum Gasteiger partial charge on any atom is 0.0415 e. The van der Waals surface area contributed by atoms with Crippen LogP contribution in [0.5, 0.6) is 0 Å². The Balaban J connectivity index is 2.20. The molecule has 0 aliphatic carbocycles. The van der Waals surface area contributed by atoms with Gasteiger partial charge in [0, 0.05) is 29.3 Å². The van der Waals surface area contributed by atoms with E-state index < -0.39 is 0 Å². The van der Waals surface area contributed by atoms with Crippen LogP contribution < -0.4 is 10.2 Å². The quantitative estimate of drug-likeness (QED) is 0.791. The van der Waals surface area contributed by atoms with Crippen LogP contribution in [-0.2, 0) is 6.54 Å². The molecule has 20 heavy (non-hydrogen) atoms. The van der Waals surface area contributed by atoms with Gasteiger partial charge in [0.25, 0.3) is 0 Å². The number of benzene rings is 1. The van der Waals surface area contributed by atoms with Crippen molar-refractivity contribution < 1.29 is 0 Å². The van der Waals surface area contributed by atoms with Gasteiger partial charge in [-0.3, -0.25) is 0 Å². The largest absolute Gasteiger partial charge is 0.368 e. The van der Waals surface area contributed by atoms with E-state index in [2.05, 4.69) is 65.1 Å². The normalized spacial score (nSPS) is 23.1. The lowest BCUT2D eigenvalue weighted by atomic mass is 9.93. The average molecular weight is 339 g/mol. The minimum absolute atomic E-state index is 0.650. The predicted molar refractivity (Wildman–Crippen MR) is 91.3 cm³/mol. The fraction of sp³-hybridized carbons (Fsp3) is 0.647. The lowest BCUT2D eigenvalue weighted by molar-refractivity contribution is 0.389. The summed E-state index contributed by atoms with van der Waals surface area (Å²) in [4.78, 5) is 2.60. The van der Waals surface area contributed by atoms with Gasteiger partial charge in [-0.25, -0.2) is 0 Å². The first-order chi connectivity index (χ1) is 9.61. The molecule has 1 aliphatic rings. The van der Waals surface area contributed by atoms with E-state index >= 15 is 0 Å². The molecule has 2 atom stereocenters. The van der Waals surface area contributed by atoms with Crippen molar-refractivity contribution in [2.24, 2.45) is 5.92 Å². The topological polar surface area (TPSA) is 15.3 Å². The maximum atomic E-state index is 3.61. The van der Waals surface area contributed by atoms with Crippen molar-refractivity contribution in [1.82, 2.24) is 5.32 Å². The molecule has 1 fully saturated rings. The van der Waals surface area contributed by atoms with Crippen LogP contribution in [0.15, 0.2) is 22.7 Å². The minimum Gasteiger partial charge on any atom is -0.368 e. The molecule has 1 aromatic rings. The third-order valence-corrected chi connectivity index (χ3v) is 4.70. The lowest BCUT2D eigenvalue weighted by Gasteiger charge is -2.39. The molecule has 1 aliphatic heterocycles. The average Bonchev–Trinajstić information content (AvgIpc) is 2.42. The number of nitrogens with one attached hydrogen (secondary N) is 1. The van der Waals surface area contributed by atoms with E-state index in [0.717, 1.165) is 19.0 Å². The van der Waals surface area contributed by atoms with Gasteiger partial charge in [-0.2, -0.15) is 0 Å². The zero-order chi connectivity index (χ0) is 14.5. The van der Waals surface area contributed by atoms with Crippen LogP contribution in [-0.4, -0.2) is 19.1 Å². The zero-order valence-corrected chi connectivity index (χ0v) is 14.5. The number of hydrogen-bond acceptors (Lipinski definition) is 2. The molecular formula is C17H27BrN2. The van der Waals surface area contributed by atoms with E-state index in [1.165, 1.54) is 41.5 Å². The van der Waals surface area contributed by atoms with Crippen molar-refractivity contribution in [1.29, 1.82) is 0 Å². The van der Waals surface area contributed by atoms with Gasteiger partial charge in [-0.1, -0.05) is 29.8 Å². The summed E-state index contributed by atoms with van der Waals surface area (Å²) in [7, 11) is 0. The molecule has 112 valence electrons. The highest BCUT2D eigenvalue weighted by Crippen LogP contribution is 2.31. The van der Waals surface area contributed by atoms with Crippen LogP contribution in [0.3, 0.4) is 0 Å². The lowest BCUT2D eigenvalue weighted by Crippen LogP contribution is -2.41. The number of piperidine rings is 1. The Hall–Kier alpha value is -0.540. The molecule has 0 amide bonds. The van der Waals surface area contributed by atoms with Gasteiger partial charge in [-0.05, 0) is 62.4 Å². The molecule has 0 aromatic heterocycles. The van der Waals surface area contributed by atoms with E-state index in [1.807, 2.05) is 0 Å². The Bertz CT molecular complexity index is 433. The van der Waals surface area contributed by atoms with E-state index in [1.54, 1.807) is 0 Å². The molecule has 1 N–H and O–H groups in total. The molecule has 2 unspecified atom stereocenters. The number of halogens is 1. The maximum absolute atomic E-state index is 3.61. The molecule has 2 rings (SSSR count). The van der Waals surface area contributed by atoms with Gasteiger partial charge < -0.3 is 10.2 Å². The third kappa shape index (κ3) is 3.98. The van der Waals surface area contributed by atoms with E-state index in [4.69, 9.17) is 0 Å². The van der Waals surface area contributed by atoms with Gasteiger partial charge in [0.15, 0.2) is 0 Å². The van der Waals surface area contributed by atoms with Crippen molar-refractivity contribution in [2.45, 2.75) is 52.6 Å². The Morgan fingerprint density at radius 3 is 2.85 bits per heavy atom. The van der Waals surface area contributed by atoms with E-state index in [9.17, 15) is 0 Å². The van der Waals surface area contributed by atoms with Crippen molar-refractivity contribution in [3.63, 3.8) is 0 Å². The molecule has 0 bridgehead atoms. The molecule has 1 aromatic carbocycles. The monoisotopic (exact) mass is 338 g/mol. The zero-order valence-electron chi connectivity index (χ0n) is 13.0. The Morgan fingerprint density at radius 1 is 1.30 bits per heavy atom. The van der Waals surface area contributed by atoms with Crippen molar-refractivity contribution in [2.75, 3.05) is 18.0 Å². The Labute approximate surface area is 132 Å². The second kappa shape index (κ2) is 7.46. The highest BCUT2D eigenvalue weighted by Gasteiger charge is 2.24. The summed E-state index contributed by atoms with van der Waals surface area (Å²) in [5, 5.41) is 3.54. The molecule has 3 heteroatoms. The fourth-order valence-electron chi connectivity index (χ4n) is 3.00. The number of anilines is 1. The van der Waals surface area contributed by atoms with Crippen LogP contribution in [0, 0.1) is 5.92 Å². The summed E-state index contributed by atoms with van der Waals surface area (Å²) in [6, 6.07) is 7.37. The fourth-order valence-corrected chi connectivity index (χ4v) is 3.41. The highest BCUT2D eigenvalue weighted by molar-refractivity contribution is 9.10. The first-order valence-electron chi connectivity index (χ1n) is 7.87. The standard InChI is InChI=1S/C17H27BrN2/c1-4-9-19-11-15-10-16(18)7-8-17(15)20-12-13(2)5-6-14(20)3/h7-8,10,13-14,19H,4-6,9,11-12H2,1-3H3. The summed E-state index contributed by atoms with van der Waals surface area (Å²) < 4.78 is 1.17. The van der Waals surface area contributed by atoms with Gasteiger partial charge in [-0.15, -0.1) is 0 Å². The van der Waals surface area contributed by atoms with Crippen LogP contribution in [0.1, 0.15) is 45.6 Å². The van der Waals surface area contributed by atoms with Gasteiger partial charge in [0.2, 0.25) is 0 Å². The predicted octanol–water partition coefficient (Wildman–Crippen LogP) is 4.57. The first kappa shape index (κ1) is 15.8. The number of nitrogens with zero attached hydrogens (tertiary/aromatic N) is 1. The van der Waals surface area contributed by atoms with Crippen LogP contribution in [0.2, 0.25) is 0 Å².